The van der Waals surface area contributed by atoms with E-state index in [2.05, 4.69) is 20.4 Å². The molecule has 5 unspecified atom stereocenters. The Bertz CT molecular complexity index is 576. The number of aliphatic hydroxyl groups is 1. The summed E-state index contributed by atoms with van der Waals surface area (Å²) in [4.78, 5) is 11.8. The lowest BCUT2D eigenvalue weighted by atomic mass is 9.48. The first kappa shape index (κ1) is 15.6. The topological polar surface area (TPSA) is 37.3 Å². The zero-order chi connectivity index (χ0) is 16.4. The first-order valence-electron chi connectivity index (χ1n) is 9.49. The molecular formula is C21H30O2. The van der Waals surface area contributed by atoms with E-state index in [-0.39, 0.29) is 5.41 Å². The minimum Gasteiger partial charge on any atom is -0.385 e. The molecule has 2 heteroatoms. The number of ketones is 1. The fourth-order valence-electron chi connectivity index (χ4n) is 6.98. The maximum Gasteiger partial charge on any atom is 0.155 e. The van der Waals surface area contributed by atoms with Crippen LogP contribution in [0, 0.1) is 35.0 Å². The molecule has 126 valence electrons. The van der Waals surface area contributed by atoms with Gasteiger partial charge in [-0.1, -0.05) is 25.5 Å². The Morgan fingerprint density at radius 3 is 2.83 bits per heavy atom. The van der Waals surface area contributed by atoms with Crippen LogP contribution in [-0.4, -0.2) is 16.5 Å². The molecule has 23 heavy (non-hydrogen) atoms. The summed E-state index contributed by atoms with van der Waals surface area (Å²) in [5.74, 6) is 3.64. The molecule has 3 saturated carbocycles. The first-order chi connectivity index (χ1) is 10.9. The number of fused-ring (bicyclic) bond motifs is 5. The molecule has 2 nitrogen and oxygen atoms in total. The van der Waals surface area contributed by atoms with Crippen LogP contribution in [0.15, 0.2) is 24.3 Å². The lowest BCUT2D eigenvalue weighted by Gasteiger charge is -2.57. The number of rotatable bonds is 1. The second-order valence-corrected chi connectivity index (χ2v) is 8.98. The molecule has 7 atom stereocenters. The summed E-state index contributed by atoms with van der Waals surface area (Å²) in [5, 5.41) is 11.1. The van der Waals surface area contributed by atoms with Crippen molar-refractivity contribution in [2.24, 2.45) is 35.0 Å². The van der Waals surface area contributed by atoms with Crippen molar-refractivity contribution in [2.75, 3.05) is 0 Å². The zero-order valence-electron chi connectivity index (χ0n) is 14.6. The SMILES string of the molecule is C=C[C@]1(O)CCC2C3C(C)CC4=CC(=O)CCC4C3CC[C@@]21C. The Morgan fingerprint density at radius 1 is 1.30 bits per heavy atom. The van der Waals surface area contributed by atoms with E-state index in [1.165, 1.54) is 12.0 Å². The molecule has 1 N–H and O–H groups in total. The average Bonchev–Trinajstić information content (AvgIpc) is 2.79. The van der Waals surface area contributed by atoms with E-state index in [0.29, 0.717) is 29.5 Å². The van der Waals surface area contributed by atoms with Gasteiger partial charge < -0.3 is 5.11 Å². The summed E-state index contributed by atoms with van der Waals surface area (Å²) >= 11 is 0. The molecule has 0 spiro atoms. The second kappa shape index (κ2) is 5.05. The molecule has 0 radical (unpaired) electrons. The van der Waals surface area contributed by atoms with Crippen molar-refractivity contribution in [2.45, 2.75) is 64.4 Å². The predicted molar refractivity (Wildman–Crippen MR) is 91.8 cm³/mol. The first-order valence-corrected chi connectivity index (χ1v) is 9.49. The van der Waals surface area contributed by atoms with Crippen molar-refractivity contribution in [3.05, 3.63) is 24.3 Å². The highest BCUT2D eigenvalue weighted by Crippen LogP contribution is 2.66. The largest absolute Gasteiger partial charge is 0.385 e. The third-order valence-electron chi connectivity index (χ3n) is 8.19. The molecular weight excluding hydrogens is 284 g/mol. The molecule has 4 aliphatic carbocycles. The van der Waals surface area contributed by atoms with Gasteiger partial charge in [0, 0.05) is 11.8 Å². The molecule has 0 heterocycles. The summed E-state index contributed by atoms with van der Waals surface area (Å²) < 4.78 is 0. The van der Waals surface area contributed by atoms with Crippen LogP contribution in [0.4, 0.5) is 0 Å². The summed E-state index contributed by atoms with van der Waals surface area (Å²) in [6, 6.07) is 0. The van der Waals surface area contributed by atoms with Crippen molar-refractivity contribution in [3.63, 3.8) is 0 Å². The van der Waals surface area contributed by atoms with Crippen molar-refractivity contribution >= 4 is 5.78 Å². The van der Waals surface area contributed by atoms with Crippen molar-refractivity contribution in [1.29, 1.82) is 0 Å². The third-order valence-corrected chi connectivity index (χ3v) is 8.19. The molecule has 4 aliphatic rings. The van der Waals surface area contributed by atoms with E-state index >= 15 is 0 Å². The highest BCUT2D eigenvalue weighted by Gasteiger charge is 2.62. The van der Waals surface area contributed by atoms with Gasteiger partial charge in [-0.05, 0) is 74.2 Å². The smallest absolute Gasteiger partial charge is 0.155 e. The highest BCUT2D eigenvalue weighted by atomic mass is 16.3. The molecule has 3 fully saturated rings. The van der Waals surface area contributed by atoms with Gasteiger partial charge in [0.1, 0.15) is 0 Å². The Morgan fingerprint density at radius 2 is 2.09 bits per heavy atom. The Hall–Kier alpha value is -0.890. The van der Waals surface area contributed by atoms with Gasteiger partial charge in [-0.15, -0.1) is 6.58 Å². The molecule has 0 saturated heterocycles. The highest BCUT2D eigenvalue weighted by molar-refractivity contribution is 5.91. The van der Waals surface area contributed by atoms with Crippen LogP contribution in [-0.2, 0) is 4.79 Å². The van der Waals surface area contributed by atoms with Crippen LogP contribution in [0.1, 0.15) is 58.8 Å². The summed E-state index contributed by atoms with van der Waals surface area (Å²) in [7, 11) is 0. The van der Waals surface area contributed by atoms with Gasteiger partial charge in [-0.2, -0.15) is 0 Å². The number of hydrogen-bond donors (Lipinski definition) is 1. The molecule has 0 aromatic heterocycles. The summed E-state index contributed by atoms with van der Waals surface area (Å²) in [5.41, 5.74) is 0.757. The lowest BCUT2D eigenvalue weighted by Crippen LogP contribution is -2.53. The molecule has 0 aliphatic heterocycles. The zero-order valence-corrected chi connectivity index (χ0v) is 14.6. The number of allylic oxidation sites excluding steroid dienone is 1. The molecule has 0 aromatic rings. The normalized spacial score (nSPS) is 52.2. The summed E-state index contributed by atoms with van der Waals surface area (Å²) in [6.07, 6.45) is 11.0. The van der Waals surface area contributed by atoms with Crippen molar-refractivity contribution in [1.82, 2.24) is 0 Å². The van der Waals surface area contributed by atoms with Gasteiger partial charge in [0.25, 0.3) is 0 Å². The molecule has 0 bridgehead atoms. The molecule has 4 rings (SSSR count). The van der Waals surface area contributed by atoms with Crippen LogP contribution < -0.4 is 0 Å². The predicted octanol–water partition coefficient (Wildman–Crippen LogP) is 4.29. The lowest BCUT2D eigenvalue weighted by molar-refractivity contribution is -0.118. The van der Waals surface area contributed by atoms with Gasteiger partial charge in [0.2, 0.25) is 0 Å². The Balaban J connectivity index is 1.70. The van der Waals surface area contributed by atoms with E-state index in [1.807, 2.05) is 12.2 Å². The van der Waals surface area contributed by atoms with Gasteiger partial charge in [0.05, 0.1) is 5.60 Å². The standard InChI is InChI=1S/C21H30O2/c1-4-21(23)10-8-18-19-13(2)11-14-12-15(22)5-6-16(14)17(19)7-9-20(18,21)3/h4,12-13,16-19,23H,1,5-11H2,2-3H3/t13?,16?,17?,18?,19?,20-,21-/m0/s1. The van der Waals surface area contributed by atoms with Crippen LogP contribution in [0.2, 0.25) is 0 Å². The van der Waals surface area contributed by atoms with Crippen LogP contribution in [0.3, 0.4) is 0 Å². The minimum atomic E-state index is -0.680. The van der Waals surface area contributed by atoms with E-state index in [0.717, 1.165) is 44.4 Å². The van der Waals surface area contributed by atoms with Gasteiger partial charge in [-0.25, -0.2) is 0 Å². The summed E-state index contributed by atoms with van der Waals surface area (Å²) in [6.45, 7) is 8.64. The fraction of sp³-hybridized carbons (Fsp3) is 0.762. The van der Waals surface area contributed by atoms with Gasteiger partial charge in [-0.3, -0.25) is 4.79 Å². The number of carbonyl (C=O) groups excluding carboxylic acids is 1. The van der Waals surface area contributed by atoms with E-state index in [4.69, 9.17) is 0 Å². The van der Waals surface area contributed by atoms with E-state index in [1.54, 1.807) is 0 Å². The molecule has 0 amide bonds. The average molecular weight is 314 g/mol. The van der Waals surface area contributed by atoms with Crippen LogP contribution in [0.25, 0.3) is 0 Å². The van der Waals surface area contributed by atoms with E-state index in [9.17, 15) is 9.90 Å². The number of hydrogen-bond acceptors (Lipinski definition) is 2. The third kappa shape index (κ3) is 2.00. The molecule has 0 aromatic carbocycles. The quantitative estimate of drug-likeness (QED) is 0.733. The van der Waals surface area contributed by atoms with E-state index < -0.39 is 5.60 Å². The van der Waals surface area contributed by atoms with Crippen LogP contribution in [0.5, 0.6) is 0 Å². The second-order valence-electron chi connectivity index (χ2n) is 8.98. The monoisotopic (exact) mass is 314 g/mol. The number of carbonyl (C=O) groups is 1. The fourth-order valence-corrected chi connectivity index (χ4v) is 6.98. The van der Waals surface area contributed by atoms with Crippen molar-refractivity contribution < 1.29 is 9.90 Å². The maximum atomic E-state index is 11.8. The van der Waals surface area contributed by atoms with Gasteiger partial charge in [0.15, 0.2) is 5.78 Å². The van der Waals surface area contributed by atoms with Crippen molar-refractivity contribution in [3.8, 4) is 0 Å². The Labute approximate surface area is 140 Å². The minimum absolute atomic E-state index is 0.00409. The van der Waals surface area contributed by atoms with Crippen LogP contribution >= 0.6 is 0 Å². The Kier molecular flexibility index (Phi) is 3.43. The maximum absolute atomic E-state index is 11.8. The van der Waals surface area contributed by atoms with Gasteiger partial charge >= 0.3 is 0 Å².